The van der Waals surface area contributed by atoms with E-state index < -0.39 is 6.36 Å². The monoisotopic (exact) mass is 615 g/mol. The highest BCUT2D eigenvalue weighted by atomic mass is 19.4. The first-order valence-corrected chi connectivity index (χ1v) is 14.4. The highest BCUT2D eigenvalue weighted by Gasteiger charge is 2.31. The van der Waals surface area contributed by atoms with Gasteiger partial charge in [0.15, 0.2) is 5.58 Å². The molecule has 0 aliphatic carbocycles. The third kappa shape index (κ3) is 6.48. The molecule has 10 nitrogen and oxygen atoms in total. The molecule has 7 rings (SSSR count). The molecule has 4 N–H and O–H groups in total. The number of H-pyrrole nitrogens is 1. The third-order valence-corrected chi connectivity index (χ3v) is 7.53. The molecule has 1 aliphatic rings. The zero-order valence-electron chi connectivity index (χ0n) is 24.0. The highest BCUT2D eigenvalue weighted by molar-refractivity contribution is 5.88. The fourth-order valence-corrected chi connectivity index (χ4v) is 5.40. The van der Waals surface area contributed by atoms with Crippen molar-refractivity contribution in [2.24, 2.45) is 0 Å². The molecule has 0 saturated carbocycles. The Balaban J connectivity index is 1.07. The normalized spacial score (nSPS) is 14.1. The van der Waals surface area contributed by atoms with E-state index in [1.807, 2.05) is 6.07 Å². The van der Waals surface area contributed by atoms with E-state index in [-0.39, 0.29) is 11.8 Å². The lowest BCUT2D eigenvalue weighted by atomic mass is 10.0. The van der Waals surface area contributed by atoms with Crippen LogP contribution in [0.4, 0.5) is 30.6 Å². The second-order valence-corrected chi connectivity index (χ2v) is 10.8. The van der Waals surface area contributed by atoms with Crippen molar-refractivity contribution < 1.29 is 27.1 Å². The summed E-state index contributed by atoms with van der Waals surface area (Å²) in [5.74, 6) is 0.545. The molecule has 0 unspecified atom stereocenters. The minimum Gasteiger partial charge on any atom is -0.438 e. The number of anilines is 3. The smallest absolute Gasteiger partial charge is 0.438 e. The Labute approximate surface area is 255 Å². The number of benzene rings is 3. The van der Waals surface area contributed by atoms with Crippen molar-refractivity contribution in [3.8, 4) is 28.6 Å². The van der Waals surface area contributed by atoms with Crippen molar-refractivity contribution in [1.82, 2.24) is 25.3 Å². The van der Waals surface area contributed by atoms with Gasteiger partial charge in [-0.05, 0) is 93.0 Å². The number of ether oxygens (including phenoxy) is 2. The van der Waals surface area contributed by atoms with Gasteiger partial charge in [0.2, 0.25) is 5.88 Å². The second kappa shape index (κ2) is 11.7. The van der Waals surface area contributed by atoms with Crippen LogP contribution in [0.3, 0.4) is 0 Å². The quantitative estimate of drug-likeness (QED) is 0.137. The van der Waals surface area contributed by atoms with Crippen molar-refractivity contribution in [2.45, 2.75) is 32.2 Å². The molecule has 3 aromatic heterocycles. The number of piperidine rings is 1. The Morgan fingerprint density at radius 1 is 0.911 bits per heavy atom. The number of hydrogen-bond donors (Lipinski definition) is 4. The van der Waals surface area contributed by atoms with Gasteiger partial charge in [-0.3, -0.25) is 0 Å². The molecule has 3 aromatic carbocycles. The molecule has 0 atom stereocenters. The number of aromatic nitrogens is 4. The Morgan fingerprint density at radius 2 is 1.69 bits per heavy atom. The van der Waals surface area contributed by atoms with Crippen molar-refractivity contribution in [2.75, 3.05) is 23.7 Å². The molecule has 0 spiro atoms. The Bertz CT molecular complexity index is 1970. The van der Waals surface area contributed by atoms with Crippen LogP contribution in [0.25, 0.3) is 33.4 Å². The van der Waals surface area contributed by atoms with Gasteiger partial charge in [-0.15, -0.1) is 13.2 Å². The maximum absolute atomic E-state index is 12.4. The SMILES string of the molecule is Cc1cc(NC2CCNCC2)ccc1-c1cc2c(Oc3ccc4oc(Nc5ccc(OC(F)(F)F)cc5)nc4c3)ncnc2[nH]1. The predicted octanol–water partition coefficient (Wildman–Crippen LogP) is 7.67. The molecule has 1 fully saturated rings. The number of rotatable bonds is 8. The first-order valence-electron chi connectivity index (χ1n) is 14.4. The molecular weight excluding hydrogens is 587 g/mol. The number of oxazole rings is 1. The molecule has 1 saturated heterocycles. The third-order valence-electron chi connectivity index (χ3n) is 7.53. The van der Waals surface area contributed by atoms with Gasteiger partial charge in [0.25, 0.3) is 6.01 Å². The first-order chi connectivity index (χ1) is 21.8. The van der Waals surface area contributed by atoms with Crippen LogP contribution in [0.15, 0.2) is 77.5 Å². The predicted molar refractivity (Wildman–Crippen MR) is 164 cm³/mol. The van der Waals surface area contributed by atoms with Crippen molar-refractivity contribution in [3.63, 3.8) is 0 Å². The molecule has 13 heteroatoms. The maximum Gasteiger partial charge on any atom is 0.573 e. The van der Waals surface area contributed by atoms with Crippen LogP contribution >= 0.6 is 0 Å². The zero-order chi connectivity index (χ0) is 31.0. The number of halogens is 3. The fourth-order valence-electron chi connectivity index (χ4n) is 5.40. The molecule has 0 radical (unpaired) electrons. The van der Waals surface area contributed by atoms with Crippen molar-refractivity contribution >= 4 is 39.5 Å². The summed E-state index contributed by atoms with van der Waals surface area (Å²) >= 11 is 0. The van der Waals surface area contributed by atoms with Crippen molar-refractivity contribution in [1.29, 1.82) is 0 Å². The van der Waals surface area contributed by atoms with Crippen LogP contribution < -0.4 is 25.4 Å². The summed E-state index contributed by atoms with van der Waals surface area (Å²) in [5.41, 5.74) is 6.32. The second-order valence-electron chi connectivity index (χ2n) is 10.8. The van der Waals surface area contributed by atoms with Crippen LogP contribution in [0.1, 0.15) is 18.4 Å². The van der Waals surface area contributed by atoms with E-state index in [1.165, 1.54) is 30.6 Å². The van der Waals surface area contributed by atoms with E-state index >= 15 is 0 Å². The number of fused-ring (bicyclic) bond motifs is 2. The molecule has 0 amide bonds. The van der Waals surface area contributed by atoms with Gasteiger partial charge >= 0.3 is 6.36 Å². The molecule has 4 heterocycles. The Kier molecular flexibility index (Phi) is 7.37. The Hall–Kier alpha value is -5.30. The molecule has 230 valence electrons. The van der Waals surface area contributed by atoms with Crippen LogP contribution in [0.5, 0.6) is 17.4 Å². The van der Waals surface area contributed by atoms with Gasteiger partial charge in [0.1, 0.15) is 29.0 Å². The summed E-state index contributed by atoms with van der Waals surface area (Å²) in [6.07, 6.45) is -1.11. The fraction of sp³-hybridized carbons (Fsp3) is 0.219. The molecule has 45 heavy (non-hydrogen) atoms. The van der Waals surface area contributed by atoms with Crippen LogP contribution in [-0.4, -0.2) is 45.4 Å². The van der Waals surface area contributed by atoms with Gasteiger partial charge in [-0.25, -0.2) is 9.97 Å². The summed E-state index contributed by atoms with van der Waals surface area (Å²) in [5, 5.41) is 10.7. The number of hydrogen-bond acceptors (Lipinski definition) is 9. The lowest BCUT2D eigenvalue weighted by Gasteiger charge is -2.25. The van der Waals surface area contributed by atoms with Gasteiger partial charge in [-0.2, -0.15) is 4.98 Å². The van der Waals surface area contributed by atoms with E-state index in [1.54, 1.807) is 18.2 Å². The zero-order valence-corrected chi connectivity index (χ0v) is 24.0. The topological polar surface area (TPSA) is 122 Å². The molecular formula is C32H28F3N7O3. The molecule has 1 aliphatic heterocycles. The lowest BCUT2D eigenvalue weighted by Crippen LogP contribution is -2.35. The Morgan fingerprint density at radius 3 is 2.47 bits per heavy atom. The van der Waals surface area contributed by atoms with Crippen LogP contribution in [0, 0.1) is 6.92 Å². The number of nitrogens with one attached hydrogen (secondary N) is 4. The van der Waals surface area contributed by atoms with Gasteiger partial charge in [0, 0.05) is 34.7 Å². The van der Waals surface area contributed by atoms with Gasteiger partial charge in [0.05, 0.1) is 5.39 Å². The number of alkyl halides is 3. The summed E-state index contributed by atoms with van der Waals surface area (Å²) in [7, 11) is 0. The van der Waals surface area contributed by atoms with Crippen molar-refractivity contribution in [3.05, 3.63) is 78.6 Å². The standard InChI is InChI=1S/C32H28F3N7O3/c1-18-14-21(39-20-10-12-36-13-11-20)4-8-24(18)26-16-25-29(41-26)37-17-38-30(25)43-23-7-9-28-27(15-23)42-31(44-28)40-19-2-5-22(6-3-19)45-32(33,34)35/h2-9,14-17,20,36,39H,10-13H2,1H3,(H,40,42)(H,37,38,41). The van der Waals surface area contributed by atoms with E-state index in [2.05, 4.69) is 65.7 Å². The largest absolute Gasteiger partial charge is 0.573 e. The lowest BCUT2D eigenvalue weighted by molar-refractivity contribution is -0.274. The van der Waals surface area contributed by atoms with Gasteiger partial charge < -0.3 is 34.8 Å². The molecule has 0 bridgehead atoms. The van der Waals surface area contributed by atoms with E-state index in [0.29, 0.717) is 40.1 Å². The minimum absolute atomic E-state index is 0.165. The van der Waals surface area contributed by atoms with Crippen LogP contribution in [-0.2, 0) is 0 Å². The van der Waals surface area contributed by atoms with Gasteiger partial charge in [-0.1, -0.05) is 6.07 Å². The van der Waals surface area contributed by atoms with Crippen LogP contribution in [0.2, 0.25) is 0 Å². The maximum atomic E-state index is 12.4. The minimum atomic E-state index is -4.76. The number of aromatic amines is 1. The highest BCUT2D eigenvalue weighted by Crippen LogP contribution is 2.34. The summed E-state index contributed by atoms with van der Waals surface area (Å²) in [6.45, 7) is 4.15. The van der Waals surface area contributed by atoms with E-state index in [9.17, 15) is 13.2 Å². The summed E-state index contributed by atoms with van der Waals surface area (Å²) in [6, 6.07) is 19.4. The number of aryl methyl sites for hydroxylation is 1. The summed E-state index contributed by atoms with van der Waals surface area (Å²) < 4.78 is 53.1. The van der Waals surface area contributed by atoms with E-state index in [0.717, 1.165) is 53.8 Å². The number of nitrogens with zero attached hydrogens (tertiary/aromatic N) is 3. The van der Waals surface area contributed by atoms with E-state index in [4.69, 9.17) is 9.15 Å². The summed E-state index contributed by atoms with van der Waals surface area (Å²) in [4.78, 5) is 16.6. The first kappa shape index (κ1) is 28.5. The molecule has 6 aromatic rings. The average Bonchev–Trinajstić information content (AvgIpc) is 3.62. The average molecular weight is 616 g/mol.